The van der Waals surface area contributed by atoms with Gasteiger partial charge >= 0.3 is 0 Å². The summed E-state index contributed by atoms with van der Waals surface area (Å²) in [6, 6.07) is 14.8. The number of aryl methyl sites for hydroxylation is 1. The minimum absolute atomic E-state index is 0.0158. The van der Waals surface area contributed by atoms with E-state index in [1.54, 1.807) is 16.7 Å². The zero-order chi connectivity index (χ0) is 15.0. The molecule has 3 nitrogen and oxygen atoms in total. The van der Waals surface area contributed by atoms with E-state index in [0.717, 1.165) is 16.5 Å². The lowest BCUT2D eigenvalue weighted by Crippen LogP contribution is -2.21. The molecule has 21 heavy (non-hydrogen) atoms. The van der Waals surface area contributed by atoms with Crippen molar-refractivity contribution in [3.8, 4) is 11.1 Å². The van der Waals surface area contributed by atoms with E-state index >= 15 is 0 Å². The van der Waals surface area contributed by atoms with Gasteiger partial charge in [0.2, 0.25) is 0 Å². The van der Waals surface area contributed by atoms with E-state index in [4.69, 9.17) is 17.3 Å². The van der Waals surface area contributed by atoms with Crippen LogP contribution in [0.5, 0.6) is 0 Å². The maximum Gasteiger partial charge on any atom is 0.258 e. The molecule has 3 rings (SSSR count). The van der Waals surface area contributed by atoms with Crippen molar-refractivity contribution in [2.24, 2.45) is 0 Å². The quantitative estimate of drug-likeness (QED) is 0.729. The van der Waals surface area contributed by atoms with E-state index < -0.39 is 0 Å². The van der Waals surface area contributed by atoms with Crippen molar-refractivity contribution in [1.82, 2.24) is 4.57 Å². The monoisotopic (exact) mass is 298 g/mol. The van der Waals surface area contributed by atoms with E-state index in [-0.39, 0.29) is 5.56 Å². The van der Waals surface area contributed by atoms with E-state index in [1.807, 2.05) is 43.3 Å². The topological polar surface area (TPSA) is 48.0 Å². The Morgan fingerprint density at radius 3 is 2.48 bits per heavy atom. The average Bonchev–Trinajstić information content (AvgIpc) is 2.48. The van der Waals surface area contributed by atoms with Gasteiger partial charge in [-0.15, -0.1) is 0 Å². The van der Waals surface area contributed by atoms with Gasteiger partial charge in [0, 0.05) is 22.8 Å². The van der Waals surface area contributed by atoms with E-state index in [1.165, 1.54) is 0 Å². The standard InChI is InChI=1S/C17H15ClN2O/c1-2-20-16-10-14(19)8-5-12(16)9-15(17(20)21)11-3-6-13(18)7-4-11/h3-10H,2,19H2,1H3. The van der Waals surface area contributed by atoms with Crippen molar-refractivity contribution in [1.29, 1.82) is 0 Å². The third-order valence-corrected chi connectivity index (χ3v) is 3.84. The predicted molar refractivity (Wildman–Crippen MR) is 88.7 cm³/mol. The molecule has 0 radical (unpaired) electrons. The van der Waals surface area contributed by atoms with Gasteiger partial charge in [-0.2, -0.15) is 0 Å². The van der Waals surface area contributed by atoms with Crippen molar-refractivity contribution in [2.45, 2.75) is 13.5 Å². The van der Waals surface area contributed by atoms with Crippen molar-refractivity contribution in [2.75, 3.05) is 5.73 Å². The zero-order valence-corrected chi connectivity index (χ0v) is 12.4. The summed E-state index contributed by atoms with van der Waals surface area (Å²) in [6.07, 6.45) is 0. The molecule has 0 aliphatic carbocycles. The lowest BCUT2D eigenvalue weighted by atomic mass is 10.0. The highest BCUT2D eigenvalue weighted by atomic mass is 35.5. The first-order valence-electron chi connectivity index (χ1n) is 6.79. The zero-order valence-electron chi connectivity index (χ0n) is 11.6. The highest BCUT2D eigenvalue weighted by Gasteiger charge is 2.10. The second kappa shape index (κ2) is 5.26. The number of nitrogen functional groups attached to an aromatic ring is 1. The van der Waals surface area contributed by atoms with E-state index in [9.17, 15) is 4.79 Å². The molecule has 0 saturated heterocycles. The van der Waals surface area contributed by atoms with E-state index in [0.29, 0.717) is 22.8 Å². The first kappa shape index (κ1) is 13.7. The van der Waals surface area contributed by atoms with Gasteiger partial charge in [-0.05, 0) is 48.2 Å². The summed E-state index contributed by atoms with van der Waals surface area (Å²) < 4.78 is 1.75. The van der Waals surface area contributed by atoms with Gasteiger partial charge in [0.25, 0.3) is 5.56 Å². The van der Waals surface area contributed by atoms with Crippen LogP contribution in [-0.4, -0.2) is 4.57 Å². The van der Waals surface area contributed by atoms with Gasteiger partial charge in [-0.1, -0.05) is 29.8 Å². The van der Waals surface area contributed by atoms with Gasteiger partial charge in [0.05, 0.1) is 5.52 Å². The van der Waals surface area contributed by atoms with Crippen LogP contribution in [0.15, 0.2) is 53.3 Å². The number of nitrogens with zero attached hydrogens (tertiary/aromatic N) is 1. The first-order chi connectivity index (χ1) is 10.1. The third kappa shape index (κ3) is 2.41. The van der Waals surface area contributed by atoms with Crippen molar-refractivity contribution in [3.05, 3.63) is 63.9 Å². The number of fused-ring (bicyclic) bond motifs is 1. The molecule has 0 bridgehead atoms. The molecule has 106 valence electrons. The SMILES string of the molecule is CCn1c(=O)c(-c2ccc(Cl)cc2)cc2ccc(N)cc21. The number of hydrogen-bond acceptors (Lipinski definition) is 2. The number of nitrogens with two attached hydrogens (primary N) is 1. The van der Waals surface area contributed by atoms with Crippen molar-refractivity contribution in [3.63, 3.8) is 0 Å². The molecule has 0 atom stereocenters. The van der Waals surface area contributed by atoms with Crippen LogP contribution in [0.1, 0.15) is 6.92 Å². The Hall–Kier alpha value is -2.26. The maximum absolute atomic E-state index is 12.7. The number of halogens is 1. The fraction of sp³-hybridized carbons (Fsp3) is 0.118. The summed E-state index contributed by atoms with van der Waals surface area (Å²) >= 11 is 5.91. The first-order valence-corrected chi connectivity index (χ1v) is 7.17. The molecule has 0 aliphatic rings. The molecule has 3 aromatic rings. The Morgan fingerprint density at radius 2 is 1.81 bits per heavy atom. The lowest BCUT2D eigenvalue weighted by Gasteiger charge is -2.12. The highest BCUT2D eigenvalue weighted by molar-refractivity contribution is 6.30. The van der Waals surface area contributed by atoms with Gasteiger partial charge in [0.15, 0.2) is 0 Å². The number of hydrogen-bond donors (Lipinski definition) is 1. The summed E-state index contributed by atoms with van der Waals surface area (Å²) in [5, 5.41) is 1.65. The normalized spacial score (nSPS) is 11.0. The molecular formula is C17H15ClN2O. The summed E-state index contributed by atoms with van der Waals surface area (Å²) in [5.74, 6) is 0. The molecule has 0 amide bonds. The Kier molecular flexibility index (Phi) is 3.43. The molecule has 0 saturated carbocycles. The molecule has 4 heteroatoms. The van der Waals surface area contributed by atoms with Crippen LogP contribution in [0, 0.1) is 0 Å². The maximum atomic E-state index is 12.7. The molecule has 0 unspecified atom stereocenters. The third-order valence-electron chi connectivity index (χ3n) is 3.59. The number of rotatable bonds is 2. The molecule has 2 N–H and O–H groups in total. The Morgan fingerprint density at radius 1 is 1.10 bits per heavy atom. The molecule has 0 fully saturated rings. The van der Waals surface area contributed by atoms with Crippen molar-refractivity contribution >= 4 is 28.2 Å². The second-order valence-electron chi connectivity index (χ2n) is 4.93. The van der Waals surface area contributed by atoms with Crippen LogP contribution in [0.3, 0.4) is 0 Å². The van der Waals surface area contributed by atoms with Gasteiger partial charge < -0.3 is 10.3 Å². The van der Waals surface area contributed by atoms with E-state index in [2.05, 4.69) is 0 Å². The fourth-order valence-electron chi connectivity index (χ4n) is 2.54. The smallest absolute Gasteiger partial charge is 0.258 e. The number of aromatic nitrogens is 1. The van der Waals surface area contributed by atoms with Crippen LogP contribution in [0.4, 0.5) is 5.69 Å². The Labute approximate surface area is 127 Å². The van der Waals surface area contributed by atoms with Crippen LogP contribution < -0.4 is 11.3 Å². The predicted octanol–water partition coefficient (Wildman–Crippen LogP) is 3.92. The Bertz CT molecular complexity index is 866. The minimum Gasteiger partial charge on any atom is -0.399 e. The van der Waals surface area contributed by atoms with Gasteiger partial charge in [-0.25, -0.2) is 0 Å². The highest BCUT2D eigenvalue weighted by Crippen LogP contribution is 2.24. The molecule has 1 heterocycles. The molecule has 0 aliphatic heterocycles. The average molecular weight is 299 g/mol. The van der Waals surface area contributed by atoms with Crippen LogP contribution in [-0.2, 0) is 6.54 Å². The Balaban J connectivity index is 2.34. The van der Waals surface area contributed by atoms with Crippen LogP contribution in [0.2, 0.25) is 5.02 Å². The summed E-state index contributed by atoms with van der Waals surface area (Å²) in [6.45, 7) is 2.55. The largest absolute Gasteiger partial charge is 0.399 e. The van der Waals surface area contributed by atoms with Gasteiger partial charge in [-0.3, -0.25) is 4.79 Å². The number of benzene rings is 2. The molecular weight excluding hydrogens is 284 g/mol. The lowest BCUT2D eigenvalue weighted by molar-refractivity contribution is 0.762. The van der Waals surface area contributed by atoms with Gasteiger partial charge in [0.1, 0.15) is 0 Å². The van der Waals surface area contributed by atoms with Crippen LogP contribution in [0.25, 0.3) is 22.0 Å². The number of pyridine rings is 1. The van der Waals surface area contributed by atoms with Crippen molar-refractivity contribution < 1.29 is 0 Å². The molecule has 2 aromatic carbocycles. The minimum atomic E-state index is -0.0158. The molecule has 1 aromatic heterocycles. The summed E-state index contributed by atoms with van der Waals surface area (Å²) in [5.41, 5.74) is 8.87. The van der Waals surface area contributed by atoms with Crippen LogP contribution >= 0.6 is 11.6 Å². The summed E-state index contributed by atoms with van der Waals surface area (Å²) in [7, 11) is 0. The second-order valence-corrected chi connectivity index (χ2v) is 5.37. The fourth-order valence-corrected chi connectivity index (χ4v) is 2.66. The summed E-state index contributed by atoms with van der Waals surface area (Å²) in [4.78, 5) is 12.7. The number of anilines is 1. The molecule has 0 spiro atoms.